The third kappa shape index (κ3) is 3.18. The summed E-state index contributed by atoms with van der Waals surface area (Å²) >= 11 is 10.9. The van der Waals surface area contributed by atoms with Gasteiger partial charge in [0.25, 0.3) is 0 Å². The van der Waals surface area contributed by atoms with Crippen LogP contribution in [-0.4, -0.2) is 11.7 Å². The summed E-state index contributed by atoms with van der Waals surface area (Å²) in [6, 6.07) is 1.93. The molecule has 1 aromatic rings. The molecular weight excluding hydrogens is 346 g/mol. The van der Waals surface area contributed by atoms with E-state index >= 15 is 0 Å². The van der Waals surface area contributed by atoms with E-state index in [2.05, 4.69) is 22.9 Å². The lowest BCUT2D eigenvalue weighted by atomic mass is 9.66. The number of hydrogen-bond acceptors (Lipinski definition) is 3. The van der Waals surface area contributed by atoms with E-state index in [9.17, 15) is 5.11 Å². The molecule has 2 rings (SSSR count). The third-order valence-electron chi connectivity index (χ3n) is 4.60. The highest BCUT2D eigenvalue weighted by atomic mass is 79.9. The average molecular weight is 367 g/mol. The van der Waals surface area contributed by atoms with Crippen molar-refractivity contribution in [3.05, 3.63) is 19.8 Å². The van der Waals surface area contributed by atoms with Crippen LogP contribution in [0.2, 0.25) is 4.34 Å². The summed E-state index contributed by atoms with van der Waals surface area (Å²) in [5, 5.41) is 10.7. The maximum absolute atomic E-state index is 10.7. The van der Waals surface area contributed by atoms with E-state index in [0.717, 1.165) is 28.1 Å². The highest BCUT2D eigenvalue weighted by Crippen LogP contribution is 2.50. The van der Waals surface area contributed by atoms with Gasteiger partial charge in [0.05, 0.1) is 6.10 Å². The van der Waals surface area contributed by atoms with Crippen LogP contribution in [0.25, 0.3) is 0 Å². The summed E-state index contributed by atoms with van der Waals surface area (Å²) in [6.07, 6.45) is 5.10. The van der Waals surface area contributed by atoms with Gasteiger partial charge in [0.15, 0.2) is 0 Å². The Hall–Kier alpha value is 0.390. The fraction of sp³-hybridized carbons (Fsp3) is 0.714. The standard InChI is InChI=1S/C14H21BrClNOS/c1-2-9-3-5-14(8-17,6-4-9)12(18)11-7-10(15)13(16)19-11/h7,9,12,18H,2-6,8,17H2,1H3. The SMILES string of the molecule is CCC1CCC(CN)(C(O)c2cc(Br)c(Cl)s2)CC1. The largest absolute Gasteiger partial charge is 0.387 e. The lowest BCUT2D eigenvalue weighted by Crippen LogP contribution is -2.39. The second-order valence-electron chi connectivity index (χ2n) is 5.59. The molecule has 0 saturated heterocycles. The average Bonchev–Trinajstić information content (AvgIpc) is 2.78. The fourth-order valence-electron chi connectivity index (χ4n) is 3.05. The van der Waals surface area contributed by atoms with E-state index in [4.69, 9.17) is 17.3 Å². The highest BCUT2D eigenvalue weighted by molar-refractivity contribution is 9.10. The number of hydrogen-bond donors (Lipinski definition) is 2. The molecule has 2 nitrogen and oxygen atoms in total. The van der Waals surface area contributed by atoms with E-state index in [1.54, 1.807) is 0 Å². The number of rotatable bonds is 4. The molecule has 0 aliphatic heterocycles. The van der Waals surface area contributed by atoms with Crippen molar-refractivity contribution in [3.63, 3.8) is 0 Å². The first kappa shape index (κ1) is 15.8. The van der Waals surface area contributed by atoms with Crippen molar-refractivity contribution < 1.29 is 5.11 Å². The van der Waals surface area contributed by atoms with Crippen molar-refractivity contribution >= 4 is 38.9 Å². The molecule has 5 heteroatoms. The number of aliphatic hydroxyl groups is 1. The van der Waals surface area contributed by atoms with Gasteiger partial charge >= 0.3 is 0 Å². The second kappa shape index (κ2) is 6.44. The summed E-state index contributed by atoms with van der Waals surface area (Å²) in [5.74, 6) is 0.797. The van der Waals surface area contributed by atoms with Gasteiger partial charge in [0.2, 0.25) is 0 Å². The molecule has 19 heavy (non-hydrogen) atoms. The van der Waals surface area contributed by atoms with Gasteiger partial charge in [-0.15, -0.1) is 11.3 Å². The molecule has 1 aromatic heterocycles. The van der Waals surface area contributed by atoms with Crippen molar-refractivity contribution in [3.8, 4) is 0 Å². The van der Waals surface area contributed by atoms with E-state index < -0.39 is 6.10 Å². The van der Waals surface area contributed by atoms with Crippen LogP contribution in [0.15, 0.2) is 10.5 Å². The van der Waals surface area contributed by atoms with Crippen LogP contribution in [-0.2, 0) is 0 Å². The lowest BCUT2D eigenvalue weighted by molar-refractivity contribution is -0.00807. The molecule has 3 N–H and O–H groups in total. The quantitative estimate of drug-likeness (QED) is 0.808. The zero-order valence-electron chi connectivity index (χ0n) is 11.2. The molecule has 1 aliphatic carbocycles. The maximum atomic E-state index is 10.7. The van der Waals surface area contributed by atoms with Crippen LogP contribution in [0.4, 0.5) is 0 Å². The number of halogens is 2. The Labute approximate surface area is 132 Å². The number of nitrogens with two attached hydrogens (primary N) is 1. The van der Waals surface area contributed by atoms with E-state index in [1.807, 2.05) is 6.07 Å². The fourth-order valence-corrected chi connectivity index (χ4v) is 4.91. The predicted octanol–water partition coefficient (Wildman–Crippen LogP) is 4.74. The Bertz CT molecular complexity index is 410. The topological polar surface area (TPSA) is 46.2 Å². The first-order valence-electron chi connectivity index (χ1n) is 6.85. The molecule has 108 valence electrons. The molecule has 1 saturated carbocycles. The van der Waals surface area contributed by atoms with Crippen LogP contribution in [0.1, 0.15) is 50.0 Å². The summed E-state index contributed by atoms with van der Waals surface area (Å²) in [6.45, 7) is 2.78. The van der Waals surface area contributed by atoms with Crippen molar-refractivity contribution in [1.82, 2.24) is 0 Å². The molecule has 0 bridgehead atoms. The lowest BCUT2D eigenvalue weighted by Gasteiger charge is -2.42. The number of thiophene rings is 1. The Balaban J connectivity index is 2.17. The van der Waals surface area contributed by atoms with Crippen LogP contribution in [0.3, 0.4) is 0 Å². The van der Waals surface area contributed by atoms with E-state index in [0.29, 0.717) is 10.9 Å². The van der Waals surface area contributed by atoms with E-state index in [-0.39, 0.29) is 5.41 Å². The molecule has 0 aromatic carbocycles. The predicted molar refractivity (Wildman–Crippen MR) is 85.7 cm³/mol. The van der Waals surface area contributed by atoms with Gasteiger partial charge in [0, 0.05) is 21.3 Å². The molecule has 1 fully saturated rings. The van der Waals surface area contributed by atoms with Gasteiger partial charge < -0.3 is 10.8 Å². The van der Waals surface area contributed by atoms with Gasteiger partial charge in [-0.05, 0) is 53.6 Å². The van der Waals surface area contributed by atoms with Crippen molar-refractivity contribution in [2.24, 2.45) is 17.1 Å². The monoisotopic (exact) mass is 365 g/mol. The second-order valence-corrected chi connectivity index (χ2v) is 8.13. The van der Waals surface area contributed by atoms with Crippen molar-refractivity contribution in [2.45, 2.75) is 45.1 Å². The summed E-state index contributed by atoms with van der Waals surface area (Å²) in [5.41, 5.74) is 5.84. The zero-order valence-corrected chi connectivity index (χ0v) is 14.3. The summed E-state index contributed by atoms with van der Waals surface area (Å²) in [4.78, 5) is 0.928. The van der Waals surface area contributed by atoms with Gasteiger partial charge in [-0.3, -0.25) is 0 Å². The molecular formula is C14H21BrClNOS. The highest BCUT2D eigenvalue weighted by Gasteiger charge is 2.41. The molecule has 1 atom stereocenters. The molecule has 1 aliphatic rings. The molecule has 0 radical (unpaired) electrons. The minimum atomic E-state index is -0.496. The summed E-state index contributed by atoms with van der Waals surface area (Å²) in [7, 11) is 0. The Morgan fingerprint density at radius 1 is 1.58 bits per heavy atom. The minimum Gasteiger partial charge on any atom is -0.387 e. The van der Waals surface area contributed by atoms with Crippen LogP contribution >= 0.6 is 38.9 Å². The first-order valence-corrected chi connectivity index (χ1v) is 8.84. The Morgan fingerprint density at radius 3 is 2.63 bits per heavy atom. The van der Waals surface area contributed by atoms with Gasteiger partial charge in [-0.25, -0.2) is 0 Å². The maximum Gasteiger partial charge on any atom is 0.107 e. The summed E-state index contributed by atoms with van der Waals surface area (Å²) < 4.78 is 1.56. The van der Waals surface area contributed by atoms with Crippen molar-refractivity contribution in [1.29, 1.82) is 0 Å². The Morgan fingerprint density at radius 2 is 2.21 bits per heavy atom. The first-order chi connectivity index (χ1) is 9.02. The molecule has 1 heterocycles. The third-order valence-corrected chi connectivity index (χ3v) is 7.13. The number of aliphatic hydroxyl groups excluding tert-OH is 1. The smallest absolute Gasteiger partial charge is 0.107 e. The van der Waals surface area contributed by atoms with Crippen molar-refractivity contribution in [2.75, 3.05) is 6.54 Å². The van der Waals surface area contributed by atoms with Gasteiger partial charge in [0.1, 0.15) is 4.34 Å². The molecule has 0 spiro atoms. The van der Waals surface area contributed by atoms with Crippen LogP contribution < -0.4 is 5.73 Å². The molecule has 1 unspecified atom stereocenters. The Kier molecular flexibility index (Phi) is 5.34. The zero-order chi connectivity index (χ0) is 14.0. The minimum absolute atomic E-state index is 0.167. The van der Waals surface area contributed by atoms with E-state index in [1.165, 1.54) is 30.6 Å². The van der Waals surface area contributed by atoms with Gasteiger partial charge in [-0.2, -0.15) is 0 Å². The molecule has 0 amide bonds. The van der Waals surface area contributed by atoms with Crippen LogP contribution in [0, 0.1) is 11.3 Å². The normalized spacial score (nSPS) is 29.4. The van der Waals surface area contributed by atoms with Gasteiger partial charge in [-0.1, -0.05) is 24.9 Å². The van der Waals surface area contributed by atoms with Crippen LogP contribution in [0.5, 0.6) is 0 Å².